The van der Waals surface area contributed by atoms with Crippen molar-refractivity contribution in [3.8, 4) is 5.75 Å². The predicted molar refractivity (Wildman–Crippen MR) is 92.8 cm³/mol. The van der Waals surface area contributed by atoms with E-state index in [0.29, 0.717) is 25.9 Å². The summed E-state index contributed by atoms with van der Waals surface area (Å²) in [7, 11) is 1.65. The van der Waals surface area contributed by atoms with E-state index in [1.807, 2.05) is 31.2 Å². The first-order chi connectivity index (χ1) is 11.5. The first kappa shape index (κ1) is 18.1. The number of nitrogens with one attached hydrogen (secondary N) is 1. The lowest BCUT2D eigenvalue weighted by molar-refractivity contribution is -0.123. The number of carbonyl (C=O) groups is 2. The van der Waals surface area contributed by atoms with Gasteiger partial charge >= 0.3 is 6.03 Å². The Morgan fingerprint density at radius 1 is 1.29 bits per heavy atom. The second kappa shape index (κ2) is 8.57. The van der Waals surface area contributed by atoms with Crippen LogP contribution in [-0.2, 0) is 11.2 Å². The highest BCUT2D eigenvalue weighted by molar-refractivity contribution is 5.78. The molecular weight excluding hydrogens is 306 g/mol. The highest BCUT2D eigenvalue weighted by Crippen LogP contribution is 2.17. The molecular formula is C18H27N3O3. The molecule has 6 heteroatoms. The normalized spacial score (nSPS) is 16.5. The van der Waals surface area contributed by atoms with Crippen LogP contribution in [0.3, 0.4) is 0 Å². The van der Waals surface area contributed by atoms with Crippen LogP contribution in [-0.4, -0.2) is 43.1 Å². The van der Waals surface area contributed by atoms with E-state index in [2.05, 4.69) is 5.32 Å². The van der Waals surface area contributed by atoms with Crippen molar-refractivity contribution in [2.75, 3.05) is 20.2 Å². The number of aryl methyl sites for hydroxylation is 1. The number of rotatable bonds is 6. The molecule has 3 N–H and O–H groups in total. The fraction of sp³-hybridized carbons (Fsp3) is 0.556. The quantitative estimate of drug-likeness (QED) is 0.834. The SMILES string of the molecule is COc1ccc(CC[C@@H](C)NC(=O)N2CCC(C(N)=O)CC2)cc1. The van der Waals surface area contributed by atoms with Gasteiger partial charge in [0.25, 0.3) is 0 Å². The number of benzene rings is 1. The van der Waals surface area contributed by atoms with Gasteiger partial charge in [-0.2, -0.15) is 0 Å². The molecule has 132 valence electrons. The van der Waals surface area contributed by atoms with Crippen LogP contribution >= 0.6 is 0 Å². The Morgan fingerprint density at radius 2 is 1.92 bits per heavy atom. The zero-order valence-corrected chi connectivity index (χ0v) is 14.5. The standard InChI is InChI=1S/C18H27N3O3/c1-13(3-4-14-5-7-16(24-2)8-6-14)20-18(23)21-11-9-15(10-12-21)17(19)22/h5-8,13,15H,3-4,9-12H2,1-2H3,(H2,19,22)(H,20,23)/t13-/m1/s1. The highest BCUT2D eigenvalue weighted by Gasteiger charge is 2.26. The van der Waals surface area contributed by atoms with Crippen molar-refractivity contribution in [3.63, 3.8) is 0 Å². The van der Waals surface area contributed by atoms with Gasteiger partial charge in [-0.1, -0.05) is 12.1 Å². The number of likely N-dealkylation sites (tertiary alicyclic amines) is 1. The van der Waals surface area contributed by atoms with Crippen LogP contribution < -0.4 is 15.8 Å². The maximum absolute atomic E-state index is 12.3. The number of nitrogens with zero attached hydrogens (tertiary/aromatic N) is 1. The topological polar surface area (TPSA) is 84.7 Å². The molecule has 2 rings (SSSR count). The zero-order valence-electron chi connectivity index (χ0n) is 14.5. The summed E-state index contributed by atoms with van der Waals surface area (Å²) in [4.78, 5) is 25.2. The molecule has 0 saturated carbocycles. The number of ether oxygens (including phenoxy) is 1. The Balaban J connectivity index is 1.72. The summed E-state index contributed by atoms with van der Waals surface area (Å²) in [5.74, 6) is 0.490. The van der Waals surface area contributed by atoms with Crippen molar-refractivity contribution in [1.29, 1.82) is 0 Å². The Bertz CT molecular complexity index is 551. The number of hydrogen-bond donors (Lipinski definition) is 2. The molecule has 3 amide bonds. The summed E-state index contributed by atoms with van der Waals surface area (Å²) >= 11 is 0. The van der Waals surface area contributed by atoms with Gasteiger partial charge in [-0.3, -0.25) is 4.79 Å². The Kier molecular flexibility index (Phi) is 6.46. The van der Waals surface area contributed by atoms with Crippen LogP contribution in [0.15, 0.2) is 24.3 Å². The summed E-state index contributed by atoms with van der Waals surface area (Å²) in [6.45, 7) is 3.19. The van der Waals surface area contributed by atoms with Gasteiger partial charge in [-0.05, 0) is 50.3 Å². The van der Waals surface area contributed by atoms with Crippen LogP contribution in [0.2, 0.25) is 0 Å². The minimum absolute atomic E-state index is 0.0554. The lowest BCUT2D eigenvalue weighted by Gasteiger charge is -2.31. The summed E-state index contributed by atoms with van der Waals surface area (Å²) in [6.07, 6.45) is 3.08. The number of nitrogens with two attached hydrogens (primary N) is 1. The number of urea groups is 1. The summed E-state index contributed by atoms with van der Waals surface area (Å²) in [5.41, 5.74) is 6.54. The number of primary amides is 1. The van der Waals surface area contributed by atoms with Crippen LogP contribution in [0, 0.1) is 5.92 Å². The molecule has 1 aliphatic heterocycles. The first-order valence-corrected chi connectivity index (χ1v) is 8.47. The third-order valence-electron chi connectivity index (χ3n) is 4.58. The monoisotopic (exact) mass is 333 g/mol. The lowest BCUT2D eigenvalue weighted by atomic mass is 9.96. The van der Waals surface area contributed by atoms with Crippen LogP contribution in [0.25, 0.3) is 0 Å². The van der Waals surface area contributed by atoms with Crippen molar-refractivity contribution in [1.82, 2.24) is 10.2 Å². The van der Waals surface area contributed by atoms with Gasteiger partial charge in [0, 0.05) is 25.0 Å². The number of carbonyl (C=O) groups excluding carboxylic acids is 2. The summed E-state index contributed by atoms with van der Waals surface area (Å²) < 4.78 is 5.15. The van der Waals surface area contributed by atoms with E-state index < -0.39 is 0 Å². The van der Waals surface area contributed by atoms with Crippen molar-refractivity contribution >= 4 is 11.9 Å². The molecule has 0 spiro atoms. The zero-order chi connectivity index (χ0) is 17.5. The van der Waals surface area contributed by atoms with E-state index in [-0.39, 0.29) is 23.9 Å². The van der Waals surface area contributed by atoms with Gasteiger partial charge in [0.15, 0.2) is 0 Å². The maximum Gasteiger partial charge on any atom is 0.317 e. The van der Waals surface area contributed by atoms with Crippen LogP contribution in [0.5, 0.6) is 5.75 Å². The van der Waals surface area contributed by atoms with E-state index in [4.69, 9.17) is 10.5 Å². The number of amides is 3. The molecule has 1 fully saturated rings. The fourth-order valence-corrected chi connectivity index (χ4v) is 2.92. The fourth-order valence-electron chi connectivity index (χ4n) is 2.92. The van der Waals surface area contributed by atoms with Crippen LogP contribution in [0.4, 0.5) is 4.79 Å². The largest absolute Gasteiger partial charge is 0.497 e. The minimum Gasteiger partial charge on any atom is -0.497 e. The smallest absolute Gasteiger partial charge is 0.317 e. The maximum atomic E-state index is 12.3. The van der Waals surface area contributed by atoms with Gasteiger partial charge in [0.1, 0.15) is 5.75 Å². The molecule has 1 aromatic rings. The van der Waals surface area contributed by atoms with Gasteiger partial charge < -0.3 is 20.7 Å². The summed E-state index contributed by atoms with van der Waals surface area (Å²) in [5, 5.41) is 3.03. The Hall–Kier alpha value is -2.24. The van der Waals surface area contributed by atoms with Gasteiger partial charge in [0.05, 0.1) is 7.11 Å². The molecule has 1 atom stereocenters. The molecule has 24 heavy (non-hydrogen) atoms. The van der Waals surface area contributed by atoms with Crippen molar-refractivity contribution in [2.24, 2.45) is 11.7 Å². The molecule has 0 bridgehead atoms. The molecule has 0 radical (unpaired) electrons. The highest BCUT2D eigenvalue weighted by atomic mass is 16.5. The average Bonchev–Trinajstić information content (AvgIpc) is 2.60. The van der Waals surface area contributed by atoms with Crippen molar-refractivity contribution in [3.05, 3.63) is 29.8 Å². The number of piperidine rings is 1. The third-order valence-corrected chi connectivity index (χ3v) is 4.58. The van der Waals surface area contributed by atoms with Gasteiger partial charge in [-0.25, -0.2) is 4.79 Å². The molecule has 6 nitrogen and oxygen atoms in total. The predicted octanol–water partition coefficient (Wildman–Crippen LogP) is 1.92. The van der Waals surface area contributed by atoms with E-state index in [1.165, 1.54) is 5.56 Å². The third kappa shape index (κ3) is 5.15. The van der Waals surface area contributed by atoms with Gasteiger partial charge in [0.2, 0.25) is 5.91 Å². The first-order valence-electron chi connectivity index (χ1n) is 8.47. The molecule has 1 aromatic carbocycles. The number of hydrogen-bond acceptors (Lipinski definition) is 3. The molecule has 0 aliphatic carbocycles. The van der Waals surface area contributed by atoms with E-state index in [1.54, 1.807) is 12.0 Å². The average molecular weight is 333 g/mol. The van der Waals surface area contributed by atoms with Crippen molar-refractivity contribution < 1.29 is 14.3 Å². The van der Waals surface area contributed by atoms with E-state index in [9.17, 15) is 9.59 Å². The molecule has 1 saturated heterocycles. The van der Waals surface area contributed by atoms with Gasteiger partial charge in [-0.15, -0.1) is 0 Å². The Morgan fingerprint density at radius 3 is 2.46 bits per heavy atom. The lowest BCUT2D eigenvalue weighted by Crippen LogP contribution is -2.48. The molecule has 1 aliphatic rings. The molecule has 0 unspecified atom stereocenters. The summed E-state index contributed by atoms with van der Waals surface area (Å²) in [6, 6.07) is 8.01. The second-order valence-electron chi connectivity index (χ2n) is 6.40. The number of methoxy groups -OCH3 is 1. The van der Waals surface area contributed by atoms with Crippen molar-refractivity contribution in [2.45, 2.75) is 38.6 Å². The van der Waals surface area contributed by atoms with E-state index >= 15 is 0 Å². The second-order valence-corrected chi connectivity index (χ2v) is 6.40. The van der Waals surface area contributed by atoms with Crippen LogP contribution in [0.1, 0.15) is 31.7 Å². The minimum atomic E-state index is -0.261. The Labute approximate surface area is 143 Å². The van der Waals surface area contributed by atoms with E-state index in [0.717, 1.165) is 18.6 Å². The molecule has 0 aromatic heterocycles. The molecule has 1 heterocycles.